The van der Waals surface area contributed by atoms with Crippen LogP contribution in [0.3, 0.4) is 0 Å². The predicted octanol–water partition coefficient (Wildman–Crippen LogP) is 7.22. The van der Waals surface area contributed by atoms with Crippen LogP contribution in [0, 0.1) is 11.8 Å². The zero-order chi connectivity index (χ0) is 35.6. The number of hydrogen-bond donors (Lipinski definition) is 1. The highest BCUT2D eigenvalue weighted by molar-refractivity contribution is 5.86. The maximum absolute atomic E-state index is 13.8. The van der Waals surface area contributed by atoms with Gasteiger partial charge < -0.3 is 33.9 Å². The SMILES string of the molecule is C=C(C[C@H](CC(C)CC)OC)N1CCC[C@H]1[C@H](OC)[C@@H](C)C(=O)N[C@@H](Cc1ccccc1)C(=O)OCc1ccc(OC)cc1OC.CC.[HH]. The Kier molecular flexibility index (Phi) is 18.1. The van der Waals surface area contributed by atoms with Crippen molar-refractivity contribution in [3.8, 4) is 11.5 Å². The number of methoxy groups -OCH3 is 4. The molecule has 6 atom stereocenters. The molecule has 1 aliphatic heterocycles. The van der Waals surface area contributed by atoms with E-state index >= 15 is 0 Å². The van der Waals surface area contributed by atoms with Crippen LogP contribution in [-0.4, -0.2) is 76.1 Å². The predicted molar refractivity (Wildman–Crippen MR) is 193 cm³/mol. The first-order chi connectivity index (χ1) is 23.1. The molecule has 1 amide bonds. The molecule has 0 aromatic heterocycles. The van der Waals surface area contributed by atoms with Gasteiger partial charge in [-0.25, -0.2) is 4.79 Å². The summed E-state index contributed by atoms with van der Waals surface area (Å²) >= 11 is 0. The van der Waals surface area contributed by atoms with Gasteiger partial charge in [0, 0.05) is 52.4 Å². The Morgan fingerprint density at radius 3 is 2.33 bits per heavy atom. The highest BCUT2D eigenvalue weighted by Gasteiger charge is 2.39. The third-order valence-electron chi connectivity index (χ3n) is 9.17. The van der Waals surface area contributed by atoms with Crippen molar-refractivity contribution in [3.63, 3.8) is 0 Å². The number of esters is 1. The summed E-state index contributed by atoms with van der Waals surface area (Å²) in [6, 6.07) is 14.0. The van der Waals surface area contributed by atoms with Gasteiger partial charge in [-0.3, -0.25) is 4.79 Å². The average Bonchev–Trinajstić information content (AvgIpc) is 3.61. The second-order valence-electron chi connectivity index (χ2n) is 12.3. The number of hydrogen-bond acceptors (Lipinski definition) is 8. The van der Waals surface area contributed by atoms with E-state index < -0.39 is 24.0 Å². The molecule has 2 aromatic rings. The number of carbonyl (C=O) groups excluding carboxylic acids is 2. The quantitative estimate of drug-likeness (QED) is 0.157. The molecule has 1 aliphatic rings. The monoisotopic (exact) mass is 670 g/mol. The van der Waals surface area contributed by atoms with Crippen LogP contribution < -0.4 is 14.8 Å². The molecular formula is C39H62N2O7. The number of nitrogens with zero attached hydrogens (tertiary/aromatic N) is 1. The second kappa shape index (κ2) is 21.4. The van der Waals surface area contributed by atoms with Crippen molar-refractivity contribution in [2.75, 3.05) is 35.0 Å². The first-order valence-corrected chi connectivity index (χ1v) is 17.4. The van der Waals surface area contributed by atoms with Gasteiger partial charge in [0.2, 0.25) is 5.91 Å². The molecule has 9 nitrogen and oxygen atoms in total. The molecule has 1 saturated heterocycles. The number of likely N-dealkylation sites (tertiary alicyclic amines) is 1. The zero-order valence-electron chi connectivity index (χ0n) is 30.8. The molecule has 0 spiro atoms. The lowest BCUT2D eigenvalue weighted by atomic mass is 9.93. The van der Waals surface area contributed by atoms with Crippen LogP contribution >= 0.6 is 0 Å². The molecule has 9 heteroatoms. The molecular weight excluding hydrogens is 608 g/mol. The van der Waals surface area contributed by atoms with Gasteiger partial charge in [-0.2, -0.15) is 0 Å². The van der Waals surface area contributed by atoms with Crippen LogP contribution in [0.25, 0.3) is 0 Å². The van der Waals surface area contributed by atoms with E-state index in [0.717, 1.165) is 49.9 Å². The normalized spacial score (nSPS) is 17.2. The Morgan fingerprint density at radius 2 is 1.73 bits per heavy atom. The largest absolute Gasteiger partial charge is 0.497 e. The number of rotatable bonds is 19. The van der Waals surface area contributed by atoms with E-state index in [-0.39, 0.29) is 32.5 Å². The summed E-state index contributed by atoms with van der Waals surface area (Å²) in [6.45, 7) is 15.6. The molecule has 1 unspecified atom stereocenters. The summed E-state index contributed by atoms with van der Waals surface area (Å²) in [7, 11) is 6.53. The molecule has 1 N–H and O–H groups in total. The fourth-order valence-corrected chi connectivity index (χ4v) is 6.20. The van der Waals surface area contributed by atoms with Crippen LogP contribution in [0.15, 0.2) is 60.8 Å². The van der Waals surface area contributed by atoms with E-state index in [1.54, 1.807) is 46.6 Å². The van der Waals surface area contributed by atoms with Gasteiger partial charge >= 0.3 is 5.97 Å². The molecule has 3 rings (SSSR count). The number of benzene rings is 2. The van der Waals surface area contributed by atoms with Crippen molar-refractivity contribution in [2.24, 2.45) is 11.8 Å². The van der Waals surface area contributed by atoms with E-state index in [2.05, 4.69) is 30.6 Å². The minimum absolute atomic E-state index is 0. The van der Waals surface area contributed by atoms with Gasteiger partial charge in [0.1, 0.15) is 24.1 Å². The Bertz CT molecular complexity index is 1260. The van der Waals surface area contributed by atoms with Gasteiger partial charge in [0.25, 0.3) is 0 Å². The molecule has 1 fully saturated rings. The first-order valence-electron chi connectivity index (χ1n) is 17.4. The smallest absolute Gasteiger partial charge is 0.329 e. The molecule has 2 aromatic carbocycles. The van der Waals surface area contributed by atoms with E-state index in [0.29, 0.717) is 23.0 Å². The number of nitrogens with one attached hydrogen (secondary N) is 1. The molecule has 0 bridgehead atoms. The average molecular weight is 671 g/mol. The summed E-state index contributed by atoms with van der Waals surface area (Å²) in [5.41, 5.74) is 2.61. The maximum atomic E-state index is 13.8. The second-order valence-corrected chi connectivity index (χ2v) is 12.3. The van der Waals surface area contributed by atoms with Crippen molar-refractivity contribution in [1.29, 1.82) is 0 Å². The van der Waals surface area contributed by atoms with Gasteiger partial charge in [-0.1, -0.05) is 78.0 Å². The summed E-state index contributed by atoms with van der Waals surface area (Å²) in [5.74, 6) is 0.421. The van der Waals surface area contributed by atoms with Crippen LogP contribution in [0.2, 0.25) is 0 Å². The fourth-order valence-electron chi connectivity index (χ4n) is 6.20. The van der Waals surface area contributed by atoms with Crippen molar-refractivity contribution in [3.05, 3.63) is 71.9 Å². The van der Waals surface area contributed by atoms with Crippen LogP contribution in [0.4, 0.5) is 0 Å². The lowest BCUT2D eigenvalue weighted by Crippen LogP contribution is -2.51. The first kappa shape index (κ1) is 40.6. The van der Waals surface area contributed by atoms with Gasteiger partial charge in [-0.05, 0) is 42.9 Å². The van der Waals surface area contributed by atoms with E-state index in [9.17, 15) is 9.59 Å². The minimum Gasteiger partial charge on any atom is -0.497 e. The van der Waals surface area contributed by atoms with E-state index in [4.69, 9.17) is 23.7 Å². The lowest BCUT2D eigenvalue weighted by molar-refractivity contribution is -0.150. The Morgan fingerprint density at radius 1 is 1.02 bits per heavy atom. The highest BCUT2D eigenvalue weighted by Crippen LogP contribution is 2.32. The summed E-state index contributed by atoms with van der Waals surface area (Å²) in [4.78, 5) is 29.6. The molecule has 0 saturated carbocycles. The molecule has 1 heterocycles. The topological polar surface area (TPSA) is 95.6 Å². The third kappa shape index (κ3) is 11.8. The van der Waals surface area contributed by atoms with Crippen molar-refractivity contribution < 1.29 is 34.7 Å². The van der Waals surface area contributed by atoms with Crippen LogP contribution in [-0.2, 0) is 36.8 Å². The van der Waals surface area contributed by atoms with Crippen LogP contribution in [0.1, 0.15) is 79.3 Å². The van der Waals surface area contributed by atoms with Gasteiger partial charge in [0.15, 0.2) is 0 Å². The molecule has 0 radical (unpaired) electrons. The van der Waals surface area contributed by atoms with Crippen molar-refractivity contribution in [2.45, 2.75) is 104 Å². The Balaban J connectivity index is 0.00000393. The molecule has 270 valence electrons. The molecule has 48 heavy (non-hydrogen) atoms. The van der Waals surface area contributed by atoms with Crippen LogP contribution in [0.5, 0.6) is 11.5 Å². The molecule has 0 aliphatic carbocycles. The van der Waals surface area contributed by atoms with E-state index in [1.165, 1.54) is 0 Å². The standard InChI is InChI=1S/C37H54N2O7.C2H6.H2/c1-9-25(2)20-31(43-6)21-26(3)39-19-13-16-33(39)35(45-8)27(4)36(40)38-32(22-28-14-11-10-12-15-28)37(41)46-24-29-17-18-30(42-5)23-34(29)44-7;1-2;/h10-12,14-15,17-18,23,25,27,31-33,35H,3,9,13,16,19-22,24H2,1-2,4-8H3,(H,38,40);1-2H3;1H/t25?,27-,31+,32+,33+,35-;;/m1../s1. The summed E-state index contributed by atoms with van der Waals surface area (Å²) in [6.07, 6.45) is 4.66. The summed E-state index contributed by atoms with van der Waals surface area (Å²) < 4.78 is 28.3. The Hall–Kier alpha value is -3.56. The minimum atomic E-state index is -0.892. The van der Waals surface area contributed by atoms with Crippen molar-refractivity contribution in [1.82, 2.24) is 10.2 Å². The van der Waals surface area contributed by atoms with Gasteiger partial charge in [-0.15, -0.1) is 0 Å². The zero-order valence-corrected chi connectivity index (χ0v) is 30.8. The number of ether oxygens (including phenoxy) is 5. The van der Waals surface area contributed by atoms with E-state index in [1.807, 2.05) is 51.1 Å². The Labute approximate surface area is 290 Å². The fraction of sp³-hybridized carbons (Fsp3) is 0.590. The number of carbonyl (C=O) groups is 2. The summed E-state index contributed by atoms with van der Waals surface area (Å²) in [5, 5.41) is 2.99. The maximum Gasteiger partial charge on any atom is 0.329 e. The third-order valence-corrected chi connectivity index (χ3v) is 9.17. The lowest BCUT2D eigenvalue weighted by Gasteiger charge is -2.37. The van der Waals surface area contributed by atoms with Gasteiger partial charge in [0.05, 0.1) is 38.4 Å². The van der Waals surface area contributed by atoms with Crippen molar-refractivity contribution >= 4 is 11.9 Å². The number of amides is 1. The highest BCUT2D eigenvalue weighted by atomic mass is 16.5.